The van der Waals surface area contributed by atoms with Crippen LogP contribution in [0.25, 0.3) is 0 Å². The monoisotopic (exact) mass is 178 g/mol. The van der Waals surface area contributed by atoms with Crippen molar-refractivity contribution in [3.63, 3.8) is 0 Å². The van der Waals surface area contributed by atoms with Gasteiger partial charge in [0, 0.05) is 0 Å². The van der Waals surface area contributed by atoms with Gasteiger partial charge in [-0.25, -0.2) is 9.78 Å². The highest BCUT2D eigenvalue weighted by atomic mass is 17.2. The van der Waals surface area contributed by atoms with Crippen LogP contribution < -0.4 is 0 Å². The second kappa shape index (κ2) is 8.93. The lowest BCUT2D eigenvalue weighted by atomic mass is 10.3. The maximum Gasteiger partial charge on any atom is 0.110 e. The molecule has 0 aliphatic carbocycles. The van der Waals surface area contributed by atoms with Crippen LogP contribution in [0.2, 0.25) is 0 Å². The molecule has 0 aliphatic rings. The van der Waals surface area contributed by atoms with Crippen LogP contribution >= 0.6 is 0 Å². The number of rotatable bonds is 8. The Hall–Kier alpha value is -0.160. The minimum atomic E-state index is -0.837. The molecule has 0 spiro atoms. The van der Waals surface area contributed by atoms with Gasteiger partial charge in [-0.15, -0.1) is 0 Å². The summed E-state index contributed by atoms with van der Waals surface area (Å²) in [7, 11) is 0. The van der Waals surface area contributed by atoms with Gasteiger partial charge in [0.1, 0.15) is 12.7 Å². The highest BCUT2D eigenvalue weighted by Crippen LogP contribution is 1.94. The molecule has 0 aromatic carbocycles. The summed E-state index contributed by atoms with van der Waals surface area (Å²) in [5, 5.41) is 17.2. The van der Waals surface area contributed by atoms with Crippen LogP contribution in [0.1, 0.15) is 26.2 Å². The van der Waals surface area contributed by atoms with Crippen molar-refractivity contribution in [1.82, 2.24) is 0 Å². The molecule has 74 valence electrons. The summed E-state index contributed by atoms with van der Waals surface area (Å²) >= 11 is 0. The first-order chi connectivity index (χ1) is 5.81. The lowest BCUT2D eigenvalue weighted by molar-refractivity contribution is -0.306. The van der Waals surface area contributed by atoms with E-state index in [1.165, 1.54) is 0 Å². The fraction of sp³-hybridized carbons (Fsp3) is 1.00. The smallest absolute Gasteiger partial charge is 0.110 e. The van der Waals surface area contributed by atoms with Crippen molar-refractivity contribution in [2.24, 2.45) is 0 Å². The quantitative estimate of drug-likeness (QED) is 0.322. The van der Waals surface area contributed by atoms with Gasteiger partial charge in [-0.3, -0.25) is 0 Å². The second-order valence-electron chi connectivity index (χ2n) is 2.65. The van der Waals surface area contributed by atoms with E-state index in [2.05, 4.69) is 11.8 Å². The highest BCUT2D eigenvalue weighted by molar-refractivity contribution is 4.45. The van der Waals surface area contributed by atoms with E-state index in [1.54, 1.807) is 0 Å². The van der Waals surface area contributed by atoms with Gasteiger partial charge in [-0.05, 0) is 6.42 Å². The maximum absolute atomic E-state index is 8.81. The van der Waals surface area contributed by atoms with Crippen molar-refractivity contribution in [2.45, 2.75) is 32.3 Å². The van der Waals surface area contributed by atoms with Crippen molar-refractivity contribution in [1.29, 1.82) is 0 Å². The molecule has 0 radical (unpaired) electrons. The van der Waals surface area contributed by atoms with Gasteiger partial charge in [-0.1, -0.05) is 19.8 Å². The third kappa shape index (κ3) is 7.94. The third-order valence-electron chi connectivity index (χ3n) is 1.39. The summed E-state index contributed by atoms with van der Waals surface area (Å²) in [5.74, 6) is 0. The number of hydrogen-bond acceptors (Lipinski definition) is 4. The van der Waals surface area contributed by atoms with Crippen LogP contribution in [-0.4, -0.2) is 36.1 Å². The van der Waals surface area contributed by atoms with E-state index in [0.29, 0.717) is 6.61 Å². The fourth-order valence-electron chi connectivity index (χ4n) is 0.649. The van der Waals surface area contributed by atoms with E-state index in [1.807, 2.05) is 0 Å². The van der Waals surface area contributed by atoms with Crippen LogP contribution in [0.4, 0.5) is 0 Å². The molecule has 0 heterocycles. The Bertz CT molecular complexity index is 87.1. The van der Waals surface area contributed by atoms with E-state index >= 15 is 0 Å². The van der Waals surface area contributed by atoms with Crippen LogP contribution in [0.5, 0.6) is 0 Å². The van der Waals surface area contributed by atoms with Crippen LogP contribution in [0.3, 0.4) is 0 Å². The van der Waals surface area contributed by atoms with Crippen LogP contribution in [-0.2, 0) is 9.78 Å². The van der Waals surface area contributed by atoms with E-state index in [4.69, 9.17) is 15.1 Å². The van der Waals surface area contributed by atoms with Gasteiger partial charge >= 0.3 is 0 Å². The zero-order chi connectivity index (χ0) is 9.23. The standard InChI is InChI=1S/C8H18O4/c1-2-3-4-5-11-12-7-8(10)6-9/h8-10H,2-7H2,1H3. The first-order valence-corrected chi connectivity index (χ1v) is 4.34. The SMILES string of the molecule is CCCCCOOCC(O)CO. The summed E-state index contributed by atoms with van der Waals surface area (Å²) in [4.78, 5) is 9.36. The second-order valence-corrected chi connectivity index (χ2v) is 2.65. The number of hydrogen-bond donors (Lipinski definition) is 2. The van der Waals surface area contributed by atoms with Gasteiger partial charge in [-0.2, -0.15) is 0 Å². The van der Waals surface area contributed by atoms with Crippen LogP contribution in [0, 0.1) is 0 Å². The van der Waals surface area contributed by atoms with E-state index in [9.17, 15) is 0 Å². The van der Waals surface area contributed by atoms with E-state index < -0.39 is 6.10 Å². The molecule has 0 saturated heterocycles. The first kappa shape index (κ1) is 11.8. The largest absolute Gasteiger partial charge is 0.394 e. The van der Waals surface area contributed by atoms with Gasteiger partial charge in [0.2, 0.25) is 0 Å². The lowest BCUT2D eigenvalue weighted by Crippen LogP contribution is -2.19. The Labute approximate surface area is 73.0 Å². The molecule has 0 aromatic heterocycles. The Morgan fingerprint density at radius 1 is 1.25 bits per heavy atom. The van der Waals surface area contributed by atoms with Crippen LogP contribution in [0.15, 0.2) is 0 Å². The Morgan fingerprint density at radius 3 is 2.58 bits per heavy atom. The van der Waals surface area contributed by atoms with Crippen molar-refractivity contribution in [3.8, 4) is 0 Å². The number of aliphatic hydroxyl groups is 2. The molecular weight excluding hydrogens is 160 g/mol. The summed E-state index contributed by atoms with van der Waals surface area (Å²) in [6.07, 6.45) is 2.39. The molecule has 12 heavy (non-hydrogen) atoms. The van der Waals surface area contributed by atoms with Crippen molar-refractivity contribution in [2.75, 3.05) is 19.8 Å². The molecule has 0 rings (SSSR count). The minimum absolute atomic E-state index is 0.0304. The Balaban J connectivity index is 2.90. The molecule has 4 heteroatoms. The molecule has 0 amide bonds. The Kier molecular flexibility index (Phi) is 8.81. The lowest BCUT2D eigenvalue weighted by Gasteiger charge is -2.06. The molecule has 0 aromatic rings. The molecule has 0 saturated carbocycles. The average Bonchev–Trinajstić information content (AvgIpc) is 2.10. The molecule has 1 atom stereocenters. The molecule has 0 aliphatic heterocycles. The van der Waals surface area contributed by atoms with Gasteiger partial charge in [0.25, 0.3) is 0 Å². The predicted molar refractivity (Wildman–Crippen MR) is 44.5 cm³/mol. The molecule has 1 unspecified atom stereocenters. The average molecular weight is 178 g/mol. The summed E-state index contributed by atoms with van der Waals surface area (Å²) < 4.78 is 0. The zero-order valence-corrected chi connectivity index (χ0v) is 7.53. The third-order valence-corrected chi connectivity index (χ3v) is 1.39. The zero-order valence-electron chi connectivity index (χ0n) is 7.53. The summed E-state index contributed by atoms with van der Waals surface area (Å²) in [6.45, 7) is 2.39. The normalized spacial score (nSPS) is 13.2. The van der Waals surface area contributed by atoms with Gasteiger partial charge < -0.3 is 10.2 Å². The molecule has 0 fully saturated rings. The van der Waals surface area contributed by atoms with Crippen molar-refractivity contribution in [3.05, 3.63) is 0 Å². The van der Waals surface area contributed by atoms with Gasteiger partial charge in [0.05, 0.1) is 13.2 Å². The highest BCUT2D eigenvalue weighted by Gasteiger charge is 2.01. The molecule has 0 bridgehead atoms. The topological polar surface area (TPSA) is 58.9 Å². The summed E-state index contributed by atoms with van der Waals surface area (Å²) in [6, 6.07) is 0. The van der Waals surface area contributed by atoms with Gasteiger partial charge in [0.15, 0.2) is 0 Å². The Morgan fingerprint density at radius 2 is 2.00 bits per heavy atom. The van der Waals surface area contributed by atoms with E-state index in [0.717, 1.165) is 19.3 Å². The predicted octanol–water partition coefficient (Wildman–Crippen LogP) is 0.478. The van der Waals surface area contributed by atoms with E-state index in [-0.39, 0.29) is 13.2 Å². The maximum atomic E-state index is 8.81. The minimum Gasteiger partial charge on any atom is -0.394 e. The molecular formula is C8H18O4. The molecule has 2 N–H and O–H groups in total. The van der Waals surface area contributed by atoms with Crippen molar-refractivity contribution >= 4 is 0 Å². The summed E-state index contributed by atoms with van der Waals surface area (Å²) in [5.41, 5.74) is 0. The van der Waals surface area contributed by atoms with Crippen molar-refractivity contribution < 1.29 is 20.0 Å². The number of unbranched alkanes of at least 4 members (excludes halogenated alkanes) is 2. The number of aliphatic hydroxyl groups excluding tert-OH is 2. The first-order valence-electron chi connectivity index (χ1n) is 4.34. The molecule has 4 nitrogen and oxygen atoms in total. The fourth-order valence-corrected chi connectivity index (χ4v) is 0.649.